The summed E-state index contributed by atoms with van der Waals surface area (Å²) in [6, 6.07) is 0. The van der Waals surface area contributed by atoms with Crippen molar-refractivity contribution in [2.75, 3.05) is 5.73 Å². The highest BCUT2D eigenvalue weighted by atomic mass is 16.4. The second-order valence-electron chi connectivity index (χ2n) is 2.43. The minimum atomic E-state index is -0.920. The molecule has 0 aliphatic rings. The molecule has 0 unspecified atom stereocenters. The van der Waals surface area contributed by atoms with Gasteiger partial charge in [-0.05, 0) is 12.5 Å². The number of carboxylic acid groups (broad SMARTS) is 1. The molecule has 1 heterocycles. The summed E-state index contributed by atoms with van der Waals surface area (Å²) in [7, 11) is 0. The van der Waals surface area contributed by atoms with Gasteiger partial charge in [0.2, 0.25) is 5.95 Å². The maximum Gasteiger partial charge on any atom is 0.309 e. The number of nitrogens with two attached hydrogens (primary N) is 1. The number of nitrogens with zero attached hydrogens (tertiary/aromatic N) is 2. The van der Waals surface area contributed by atoms with Crippen molar-refractivity contribution in [1.29, 1.82) is 0 Å². The summed E-state index contributed by atoms with van der Waals surface area (Å²) in [5, 5.41) is 8.48. The number of hydrogen-bond donors (Lipinski definition) is 2. The molecule has 12 heavy (non-hydrogen) atoms. The zero-order valence-electron chi connectivity index (χ0n) is 6.61. The lowest BCUT2D eigenvalue weighted by Crippen LogP contribution is -2.07. The van der Waals surface area contributed by atoms with E-state index in [9.17, 15) is 4.79 Å². The molecule has 0 radical (unpaired) electrons. The molecule has 5 heteroatoms. The fourth-order valence-electron chi connectivity index (χ4n) is 0.815. The van der Waals surface area contributed by atoms with E-state index in [0.717, 1.165) is 5.56 Å². The third-order valence-electron chi connectivity index (χ3n) is 1.41. The summed E-state index contributed by atoms with van der Waals surface area (Å²) >= 11 is 0. The van der Waals surface area contributed by atoms with E-state index in [1.54, 1.807) is 6.92 Å². The highest BCUT2D eigenvalue weighted by Gasteiger charge is 2.05. The van der Waals surface area contributed by atoms with Gasteiger partial charge in [-0.25, -0.2) is 9.97 Å². The van der Waals surface area contributed by atoms with Gasteiger partial charge in [-0.1, -0.05) is 0 Å². The van der Waals surface area contributed by atoms with Crippen molar-refractivity contribution in [2.45, 2.75) is 13.3 Å². The number of carbonyl (C=O) groups is 1. The van der Waals surface area contributed by atoms with Crippen LogP contribution < -0.4 is 5.73 Å². The molecule has 0 atom stereocenters. The normalized spacial score (nSPS) is 9.75. The van der Waals surface area contributed by atoms with E-state index in [1.165, 1.54) is 6.20 Å². The largest absolute Gasteiger partial charge is 0.481 e. The van der Waals surface area contributed by atoms with Crippen LogP contribution in [-0.4, -0.2) is 21.0 Å². The van der Waals surface area contributed by atoms with Crippen LogP contribution in [0.25, 0.3) is 0 Å². The van der Waals surface area contributed by atoms with E-state index < -0.39 is 5.97 Å². The highest BCUT2D eigenvalue weighted by Crippen LogP contribution is 2.05. The Bertz CT molecular complexity index is 312. The molecule has 1 rings (SSSR count). The molecule has 1 aromatic heterocycles. The van der Waals surface area contributed by atoms with Crippen LogP contribution in [-0.2, 0) is 11.2 Å². The number of aliphatic carboxylic acids is 1. The summed E-state index contributed by atoms with van der Waals surface area (Å²) in [6.45, 7) is 1.75. The van der Waals surface area contributed by atoms with Gasteiger partial charge in [-0.15, -0.1) is 0 Å². The molecule has 0 saturated carbocycles. The smallest absolute Gasteiger partial charge is 0.309 e. The number of carboxylic acids is 1. The maximum absolute atomic E-state index is 10.3. The number of nitrogen functional groups attached to an aromatic ring is 1. The Morgan fingerprint density at radius 3 is 3.00 bits per heavy atom. The van der Waals surface area contributed by atoms with E-state index in [2.05, 4.69) is 9.97 Å². The van der Waals surface area contributed by atoms with Crippen molar-refractivity contribution >= 4 is 11.9 Å². The Labute approximate surface area is 69.3 Å². The predicted molar refractivity (Wildman–Crippen MR) is 42.5 cm³/mol. The summed E-state index contributed by atoms with van der Waals surface area (Å²) in [4.78, 5) is 17.9. The van der Waals surface area contributed by atoms with Crippen LogP contribution in [0.15, 0.2) is 6.20 Å². The molecule has 1 aromatic rings. The van der Waals surface area contributed by atoms with Gasteiger partial charge in [0.1, 0.15) is 0 Å². The third-order valence-corrected chi connectivity index (χ3v) is 1.41. The molecular weight excluding hydrogens is 158 g/mol. The first-order chi connectivity index (χ1) is 5.59. The lowest BCUT2D eigenvalue weighted by Gasteiger charge is -2.00. The van der Waals surface area contributed by atoms with Crippen molar-refractivity contribution < 1.29 is 9.90 Å². The number of aryl methyl sites for hydroxylation is 1. The van der Waals surface area contributed by atoms with Gasteiger partial charge in [0.05, 0.1) is 12.1 Å². The topological polar surface area (TPSA) is 89.1 Å². The fraction of sp³-hybridized carbons (Fsp3) is 0.286. The predicted octanol–water partition coefficient (Wildman–Crippen LogP) is -0.00568. The second kappa shape index (κ2) is 3.17. The molecule has 0 bridgehead atoms. The van der Waals surface area contributed by atoms with Gasteiger partial charge in [0.25, 0.3) is 0 Å². The zero-order chi connectivity index (χ0) is 9.14. The van der Waals surface area contributed by atoms with Crippen LogP contribution in [0.2, 0.25) is 0 Å². The first-order valence-electron chi connectivity index (χ1n) is 3.39. The number of rotatable bonds is 2. The van der Waals surface area contributed by atoms with Gasteiger partial charge in [-0.3, -0.25) is 4.79 Å². The lowest BCUT2D eigenvalue weighted by molar-refractivity contribution is -0.136. The van der Waals surface area contributed by atoms with Crippen molar-refractivity contribution in [3.05, 3.63) is 17.5 Å². The molecule has 0 fully saturated rings. The average Bonchev–Trinajstić information content (AvgIpc) is 1.96. The maximum atomic E-state index is 10.3. The Hall–Kier alpha value is -1.65. The third kappa shape index (κ3) is 1.91. The summed E-state index contributed by atoms with van der Waals surface area (Å²) in [5.74, 6) is -0.812. The van der Waals surface area contributed by atoms with Crippen molar-refractivity contribution in [3.63, 3.8) is 0 Å². The van der Waals surface area contributed by atoms with Crippen molar-refractivity contribution in [3.8, 4) is 0 Å². The van der Waals surface area contributed by atoms with Gasteiger partial charge in [0.15, 0.2) is 0 Å². The van der Waals surface area contributed by atoms with Crippen LogP contribution in [0.3, 0.4) is 0 Å². The van der Waals surface area contributed by atoms with E-state index in [-0.39, 0.29) is 12.4 Å². The molecule has 0 saturated heterocycles. The number of hydrogen-bond acceptors (Lipinski definition) is 4. The van der Waals surface area contributed by atoms with Crippen molar-refractivity contribution in [1.82, 2.24) is 9.97 Å². The second-order valence-corrected chi connectivity index (χ2v) is 2.43. The van der Waals surface area contributed by atoms with E-state index >= 15 is 0 Å². The van der Waals surface area contributed by atoms with Crippen molar-refractivity contribution in [2.24, 2.45) is 0 Å². The van der Waals surface area contributed by atoms with E-state index in [4.69, 9.17) is 10.8 Å². The molecule has 0 aliphatic carbocycles. The molecule has 3 N–H and O–H groups in total. The van der Waals surface area contributed by atoms with Gasteiger partial charge >= 0.3 is 5.97 Å². The molecule has 64 valence electrons. The average molecular weight is 167 g/mol. The molecule has 5 nitrogen and oxygen atoms in total. The van der Waals surface area contributed by atoms with Crippen LogP contribution in [0.1, 0.15) is 11.3 Å². The highest BCUT2D eigenvalue weighted by molar-refractivity contribution is 5.70. The number of anilines is 1. The summed E-state index contributed by atoms with van der Waals surface area (Å²) in [5.41, 5.74) is 6.50. The van der Waals surface area contributed by atoms with Crippen LogP contribution >= 0.6 is 0 Å². The molecule has 0 aliphatic heterocycles. The Balaban J connectivity index is 2.97. The first-order valence-corrected chi connectivity index (χ1v) is 3.39. The summed E-state index contributed by atoms with van der Waals surface area (Å²) < 4.78 is 0. The van der Waals surface area contributed by atoms with Crippen LogP contribution in [0.5, 0.6) is 0 Å². The minimum Gasteiger partial charge on any atom is -0.481 e. The SMILES string of the molecule is Cc1cnc(N)nc1CC(=O)O. The molecule has 0 aromatic carbocycles. The minimum absolute atomic E-state index is 0.108. The standard InChI is InChI=1S/C7H9N3O2/c1-4-3-9-7(8)10-5(4)2-6(11)12/h3H,2H2,1H3,(H,11,12)(H2,8,9,10). The van der Waals surface area contributed by atoms with E-state index in [1.807, 2.05) is 0 Å². The zero-order valence-corrected chi connectivity index (χ0v) is 6.61. The molecule has 0 spiro atoms. The molecular formula is C7H9N3O2. The first kappa shape index (κ1) is 8.45. The monoisotopic (exact) mass is 167 g/mol. The fourth-order valence-corrected chi connectivity index (χ4v) is 0.815. The van der Waals surface area contributed by atoms with Gasteiger partial charge in [0, 0.05) is 6.20 Å². The summed E-state index contributed by atoms with van der Waals surface area (Å²) in [6.07, 6.45) is 1.40. The van der Waals surface area contributed by atoms with E-state index in [0.29, 0.717) is 5.69 Å². The van der Waals surface area contributed by atoms with Crippen LogP contribution in [0.4, 0.5) is 5.95 Å². The quantitative estimate of drug-likeness (QED) is 0.646. The Kier molecular flexibility index (Phi) is 2.23. The Morgan fingerprint density at radius 2 is 2.42 bits per heavy atom. The van der Waals surface area contributed by atoms with Crippen LogP contribution in [0, 0.1) is 6.92 Å². The molecule has 0 amide bonds. The van der Waals surface area contributed by atoms with Gasteiger partial charge < -0.3 is 10.8 Å². The number of aromatic nitrogens is 2. The Morgan fingerprint density at radius 1 is 1.75 bits per heavy atom. The lowest BCUT2D eigenvalue weighted by atomic mass is 10.2. The van der Waals surface area contributed by atoms with Gasteiger partial charge in [-0.2, -0.15) is 0 Å².